The summed E-state index contributed by atoms with van der Waals surface area (Å²) in [7, 11) is 1.93. The molecule has 0 aliphatic heterocycles. The lowest BCUT2D eigenvalue weighted by atomic mass is 9.85. The number of aromatic nitrogens is 3. The fourth-order valence-corrected chi connectivity index (χ4v) is 3.57. The van der Waals surface area contributed by atoms with Crippen molar-refractivity contribution in [3.63, 3.8) is 0 Å². The van der Waals surface area contributed by atoms with E-state index in [1.54, 1.807) is 0 Å². The third-order valence-electron chi connectivity index (χ3n) is 4.94. The topological polar surface area (TPSA) is 51.0 Å². The van der Waals surface area contributed by atoms with Crippen LogP contribution >= 0.6 is 0 Å². The van der Waals surface area contributed by atoms with Crippen LogP contribution in [0.1, 0.15) is 49.9 Å². The number of carbonyl (C=O) groups is 1. The minimum atomic E-state index is 0.0895. The van der Waals surface area contributed by atoms with E-state index in [9.17, 15) is 4.79 Å². The molecule has 1 aliphatic carbocycles. The third kappa shape index (κ3) is 2.60. The quantitative estimate of drug-likeness (QED) is 0.875. The van der Waals surface area contributed by atoms with Crippen LogP contribution in [-0.4, -0.2) is 38.9 Å². The van der Waals surface area contributed by atoms with E-state index in [0.717, 1.165) is 24.0 Å². The highest BCUT2D eigenvalue weighted by atomic mass is 16.2. The second-order valence-electron chi connectivity index (χ2n) is 6.35. The molecule has 2 atom stereocenters. The van der Waals surface area contributed by atoms with Crippen molar-refractivity contribution in [3.05, 3.63) is 23.8 Å². The van der Waals surface area contributed by atoms with E-state index >= 15 is 0 Å². The summed E-state index contributed by atoms with van der Waals surface area (Å²) in [5.41, 5.74) is 2.47. The molecule has 0 spiro atoms. The molecule has 2 unspecified atom stereocenters. The van der Waals surface area contributed by atoms with Crippen LogP contribution in [0.3, 0.4) is 0 Å². The van der Waals surface area contributed by atoms with Crippen LogP contribution in [0, 0.1) is 5.92 Å². The van der Waals surface area contributed by atoms with Gasteiger partial charge in [0.1, 0.15) is 5.52 Å². The smallest absolute Gasteiger partial charge is 0.253 e. The molecule has 1 fully saturated rings. The molecule has 0 N–H and O–H groups in total. The molecular weight excluding hydrogens is 276 g/mol. The normalized spacial score (nSPS) is 22.0. The molecule has 0 bridgehead atoms. The molecule has 118 valence electrons. The Morgan fingerprint density at radius 1 is 1.36 bits per heavy atom. The summed E-state index contributed by atoms with van der Waals surface area (Å²) in [6.45, 7) is 5.07. The highest BCUT2D eigenvalue weighted by Gasteiger charge is 2.28. The van der Waals surface area contributed by atoms with Gasteiger partial charge in [-0.05, 0) is 43.9 Å². The van der Waals surface area contributed by atoms with E-state index in [4.69, 9.17) is 0 Å². The number of hydrogen-bond acceptors (Lipinski definition) is 3. The fraction of sp³-hybridized carbons (Fsp3) is 0.588. The average Bonchev–Trinajstić information content (AvgIpc) is 2.96. The van der Waals surface area contributed by atoms with Gasteiger partial charge in [-0.15, -0.1) is 5.10 Å². The summed E-state index contributed by atoms with van der Waals surface area (Å²) < 4.78 is 1.84. The summed E-state index contributed by atoms with van der Waals surface area (Å²) >= 11 is 0. The molecular formula is C17H24N4O. The largest absolute Gasteiger partial charge is 0.338 e. The van der Waals surface area contributed by atoms with Crippen LogP contribution in [0.5, 0.6) is 0 Å². The first kappa shape index (κ1) is 15.0. The number of nitrogens with zero attached hydrogens (tertiary/aromatic N) is 4. The lowest BCUT2D eigenvalue weighted by molar-refractivity contribution is 0.0629. The van der Waals surface area contributed by atoms with Crippen LogP contribution in [0.15, 0.2) is 18.2 Å². The predicted molar refractivity (Wildman–Crippen MR) is 86.7 cm³/mol. The minimum Gasteiger partial charge on any atom is -0.338 e. The van der Waals surface area contributed by atoms with Crippen molar-refractivity contribution in [3.8, 4) is 0 Å². The maximum atomic E-state index is 12.8. The third-order valence-corrected chi connectivity index (χ3v) is 4.94. The number of rotatable bonds is 3. The van der Waals surface area contributed by atoms with E-state index in [1.807, 2.05) is 41.8 Å². The SMILES string of the molecule is CCn1nnc2cc(C(=O)N(C)C3CCCCC3C)ccc21. The minimum absolute atomic E-state index is 0.0895. The van der Waals surface area contributed by atoms with Crippen molar-refractivity contribution in [2.24, 2.45) is 5.92 Å². The van der Waals surface area contributed by atoms with Crippen LogP contribution in [0.4, 0.5) is 0 Å². The number of amides is 1. The van der Waals surface area contributed by atoms with Gasteiger partial charge in [-0.2, -0.15) is 0 Å². The second kappa shape index (κ2) is 6.07. The average molecular weight is 300 g/mol. The molecule has 22 heavy (non-hydrogen) atoms. The van der Waals surface area contributed by atoms with Crippen molar-refractivity contribution >= 4 is 16.9 Å². The van der Waals surface area contributed by atoms with E-state index in [0.29, 0.717) is 17.5 Å². The van der Waals surface area contributed by atoms with Gasteiger partial charge < -0.3 is 4.90 Å². The maximum absolute atomic E-state index is 12.8. The van der Waals surface area contributed by atoms with Gasteiger partial charge in [0.15, 0.2) is 0 Å². The number of hydrogen-bond donors (Lipinski definition) is 0. The first-order chi connectivity index (χ1) is 10.6. The Hall–Kier alpha value is -1.91. The zero-order valence-electron chi connectivity index (χ0n) is 13.6. The molecule has 0 saturated heterocycles. The van der Waals surface area contributed by atoms with Gasteiger partial charge in [-0.25, -0.2) is 4.68 Å². The summed E-state index contributed by atoms with van der Waals surface area (Å²) in [5, 5.41) is 8.26. The molecule has 1 heterocycles. The van der Waals surface area contributed by atoms with Crippen LogP contribution in [-0.2, 0) is 6.54 Å². The molecule has 1 aromatic carbocycles. The van der Waals surface area contributed by atoms with Gasteiger partial charge in [-0.1, -0.05) is 25.0 Å². The first-order valence-corrected chi connectivity index (χ1v) is 8.22. The van der Waals surface area contributed by atoms with Crippen molar-refractivity contribution < 1.29 is 4.79 Å². The lowest BCUT2D eigenvalue weighted by Gasteiger charge is -2.36. The number of aryl methyl sites for hydroxylation is 1. The summed E-state index contributed by atoms with van der Waals surface area (Å²) in [5.74, 6) is 0.666. The summed E-state index contributed by atoms with van der Waals surface area (Å²) in [4.78, 5) is 14.7. The van der Waals surface area contributed by atoms with E-state index in [2.05, 4.69) is 17.2 Å². The highest BCUT2D eigenvalue weighted by Crippen LogP contribution is 2.28. The summed E-state index contributed by atoms with van der Waals surface area (Å²) in [6.07, 6.45) is 4.83. The molecule has 1 amide bonds. The highest BCUT2D eigenvalue weighted by molar-refractivity contribution is 5.97. The van der Waals surface area contributed by atoms with Crippen LogP contribution in [0.25, 0.3) is 11.0 Å². The van der Waals surface area contributed by atoms with E-state index in [-0.39, 0.29) is 5.91 Å². The standard InChI is InChI=1S/C17H24N4O/c1-4-21-16-10-9-13(11-14(16)18-19-21)17(22)20(3)15-8-6-5-7-12(15)2/h9-12,15H,4-8H2,1-3H3. The molecule has 1 aliphatic rings. The Balaban J connectivity index is 1.84. The number of carbonyl (C=O) groups excluding carboxylic acids is 1. The molecule has 3 rings (SSSR count). The number of fused-ring (bicyclic) bond motifs is 1. The Morgan fingerprint density at radius 2 is 2.14 bits per heavy atom. The van der Waals surface area contributed by atoms with Gasteiger partial charge in [0.25, 0.3) is 5.91 Å². The van der Waals surface area contributed by atoms with E-state index < -0.39 is 0 Å². The van der Waals surface area contributed by atoms with Gasteiger partial charge in [0.2, 0.25) is 0 Å². The van der Waals surface area contributed by atoms with Crippen molar-refractivity contribution in [2.75, 3.05) is 7.05 Å². The molecule has 5 nitrogen and oxygen atoms in total. The van der Waals surface area contributed by atoms with Gasteiger partial charge >= 0.3 is 0 Å². The summed E-state index contributed by atoms with van der Waals surface area (Å²) in [6, 6.07) is 6.05. The van der Waals surface area contributed by atoms with Gasteiger partial charge in [0.05, 0.1) is 5.52 Å². The van der Waals surface area contributed by atoms with Gasteiger partial charge in [0, 0.05) is 25.2 Å². The van der Waals surface area contributed by atoms with Gasteiger partial charge in [-0.3, -0.25) is 4.79 Å². The Bertz CT molecular complexity index is 678. The van der Waals surface area contributed by atoms with Crippen LogP contribution in [0.2, 0.25) is 0 Å². The van der Waals surface area contributed by atoms with Crippen molar-refractivity contribution in [1.82, 2.24) is 19.9 Å². The van der Waals surface area contributed by atoms with Crippen molar-refractivity contribution in [2.45, 2.75) is 52.1 Å². The molecule has 1 aromatic heterocycles. The van der Waals surface area contributed by atoms with Crippen LogP contribution < -0.4 is 0 Å². The molecule has 5 heteroatoms. The monoisotopic (exact) mass is 300 g/mol. The van der Waals surface area contributed by atoms with E-state index in [1.165, 1.54) is 19.3 Å². The number of benzene rings is 1. The zero-order valence-corrected chi connectivity index (χ0v) is 13.6. The Morgan fingerprint density at radius 3 is 2.86 bits per heavy atom. The molecule has 1 saturated carbocycles. The predicted octanol–water partition coefficient (Wildman–Crippen LogP) is 3.10. The first-order valence-electron chi connectivity index (χ1n) is 8.22. The molecule has 0 radical (unpaired) electrons. The molecule has 2 aromatic rings. The maximum Gasteiger partial charge on any atom is 0.253 e. The second-order valence-corrected chi connectivity index (χ2v) is 6.35. The zero-order chi connectivity index (χ0) is 15.7. The Kier molecular flexibility index (Phi) is 4.14. The van der Waals surface area contributed by atoms with Crippen molar-refractivity contribution in [1.29, 1.82) is 0 Å². The Labute approximate surface area is 131 Å². The fourth-order valence-electron chi connectivity index (χ4n) is 3.57. The lowest BCUT2D eigenvalue weighted by Crippen LogP contribution is -2.42.